The summed E-state index contributed by atoms with van der Waals surface area (Å²) < 4.78 is 0. The van der Waals surface area contributed by atoms with Gasteiger partial charge in [-0.15, -0.1) is 0 Å². The van der Waals surface area contributed by atoms with Gasteiger partial charge in [0.25, 0.3) is 0 Å². The van der Waals surface area contributed by atoms with Crippen molar-refractivity contribution in [1.29, 1.82) is 0 Å². The van der Waals surface area contributed by atoms with Crippen LogP contribution in [0.5, 0.6) is 0 Å². The fourth-order valence-electron chi connectivity index (χ4n) is 3.43. The van der Waals surface area contributed by atoms with Crippen LogP contribution in [-0.4, -0.2) is 30.4 Å². The standard InChI is InChI=1S/C17H34N2O/c1-6-17(7-2,13-18)15(20)19-11-8-9-14(10-12-19)16(3,4)5/h14H,6-13,18H2,1-5H3. The molecule has 0 aromatic carbocycles. The summed E-state index contributed by atoms with van der Waals surface area (Å²) in [5, 5.41) is 0. The molecule has 1 aliphatic rings. The molecule has 0 bridgehead atoms. The fraction of sp³-hybridized carbons (Fsp3) is 0.941. The van der Waals surface area contributed by atoms with E-state index in [2.05, 4.69) is 39.5 Å². The molecule has 118 valence electrons. The molecule has 0 aromatic rings. The minimum absolute atomic E-state index is 0.291. The van der Waals surface area contributed by atoms with Crippen LogP contribution in [0.25, 0.3) is 0 Å². The lowest BCUT2D eigenvalue weighted by Crippen LogP contribution is -2.48. The van der Waals surface area contributed by atoms with Gasteiger partial charge in [0.2, 0.25) is 5.91 Å². The van der Waals surface area contributed by atoms with Crippen molar-refractivity contribution in [3.8, 4) is 0 Å². The fourth-order valence-corrected chi connectivity index (χ4v) is 3.43. The second kappa shape index (κ2) is 6.93. The minimum Gasteiger partial charge on any atom is -0.342 e. The molecule has 1 aliphatic heterocycles. The first-order valence-electron chi connectivity index (χ1n) is 8.30. The van der Waals surface area contributed by atoms with E-state index in [1.165, 1.54) is 6.42 Å². The van der Waals surface area contributed by atoms with Crippen molar-refractivity contribution in [1.82, 2.24) is 4.90 Å². The van der Waals surface area contributed by atoms with Crippen molar-refractivity contribution in [3.05, 3.63) is 0 Å². The van der Waals surface area contributed by atoms with Gasteiger partial charge in [0.1, 0.15) is 0 Å². The highest BCUT2D eigenvalue weighted by molar-refractivity contribution is 5.83. The molecule has 3 heteroatoms. The monoisotopic (exact) mass is 282 g/mol. The maximum atomic E-state index is 12.9. The van der Waals surface area contributed by atoms with E-state index in [4.69, 9.17) is 5.73 Å². The zero-order valence-electron chi connectivity index (χ0n) is 14.2. The predicted molar refractivity (Wildman–Crippen MR) is 85.4 cm³/mol. The van der Waals surface area contributed by atoms with Crippen molar-refractivity contribution in [3.63, 3.8) is 0 Å². The smallest absolute Gasteiger partial charge is 0.230 e. The molecule has 0 radical (unpaired) electrons. The second-order valence-electron chi connectivity index (χ2n) is 7.48. The van der Waals surface area contributed by atoms with Crippen LogP contribution in [0, 0.1) is 16.7 Å². The minimum atomic E-state index is -0.332. The normalized spacial score (nSPS) is 21.7. The van der Waals surface area contributed by atoms with Crippen LogP contribution in [0.3, 0.4) is 0 Å². The summed E-state index contributed by atoms with van der Waals surface area (Å²) in [7, 11) is 0. The number of likely N-dealkylation sites (tertiary alicyclic amines) is 1. The predicted octanol–water partition coefficient (Wildman–Crippen LogP) is 3.43. The molecule has 0 aliphatic carbocycles. The highest BCUT2D eigenvalue weighted by atomic mass is 16.2. The average molecular weight is 282 g/mol. The van der Waals surface area contributed by atoms with Crippen LogP contribution in [0.15, 0.2) is 0 Å². The average Bonchev–Trinajstić information content (AvgIpc) is 2.66. The number of amides is 1. The Morgan fingerprint density at radius 3 is 2.20 bits per heavy atom. The van der Waals surface area contributed by atoms with Crippen LogP contribution in [-0.2, 0) is 4.79 Å². The lowest BCUT2D eigenvalue weighted by atomic mass is 9.76. The molecule has 1 fully saturated rings. The molecule has 1 amide bonds. The Morgan fingerprint density at radius 2 is 1.75 bits per heavy atom. The first kappa shape index (κ1) is 17.5. The third-order valence-corrected chi connectivity index (χ3v) is 5.44. The van der Waals surface area contributed by atoms with Crippen molar-refractivity contribution < 1.29 is 4.79 Å². The van der Waals surface area contributed by atoms with E-state index in [0.29, 0.717) is 17.9 Å². The molecule has 1 unspecified atom stereocenters. The van der Waals surface area contributed by atoms with Gasteiger partial charge in [0.05, 0.1) is 5.41 Å². The Kier molecular flexibility index (Phi) is 6.06. The number of hydrogen-bond acceptors (Lipinski definition) is 2. The summed E-state index contributed by atoms with van der Waals surface area (Å²) in [6.07, 6.45) is 5.18. The SMILES string of the molecule is CCC(CC)(CN)C(=O)N1CCCC(C(C)(C)C)CC1. The Balaban J connectivity index is 2.76. The van der Waals surface area contributed by atoms with Crippen molar-refractivity contribution in [2.75, 3.05) is 19.6 Å². The van der Waals surface area contributed by atoms with Crippen molar-refractivity contribution in [2.45, 2.75) is 66.7 Å². The van der Waals surface area contributed by atoms with E-state index < -0.39 is 0 Å². The maximum Gasteiger partial charge on any atom is 0.230 e. The lowest BCUT2D eigenvalue weighted by molar-refractivity contribution is -0.142. The van der Waals surface area contributed by atoms with Gasteiger partial charge in [0, 0.05) is 19.6 Å². The van der Waals surface area contributed by atoms with E-state index in [0.717, 1.165) is 44.7 Å². The molecule has 0 saturated carbocycles. The topological polar surface area (TPSA) is 46.3 Å². The van der Waals surface area contributed by atoms with Crippen molar-refractivity contribution >= 4 is 5.91 Å². The van der Waals surface area contributed by atoms with E-state index in [-0.39, 0.29) is 5.41 Å². The van der Waals surface area contributed by atoms with Gasteiger partial charge in [0.15, 0.2) is 0 Å². The zero-order valence-corrected chi connectivity index (χ0v) is 14.2. The van der Waals surface area contributed by atoms with E-state index >= 15 is 0 Å². The van der Waals surface area contributed by atoms with E-state index in [9.17, 15) is 4.79 Å². The van der Waals surface area contributed by atoms with Gasteiger partial charge >= 0.3 is 0 Å². The number of nitrogens with two attached hydrogens (primary N) is 1. The second-order valence-corrected chi connectivity index (χ2v) is 7.48. The first-order chi connectivity index (χ1) is 9.30. The van der Waals surface area contributed by atoms with Crippen LogP contribution in [0.4, 0.5) is 0 Å². The van der Waals surface area contributed by atoms with Gasteiger partial charge < -0.3 is 10.6 Å². The molecule has 1 rings (SSSR count). The lowest BCUT2D eigenvalue weighted by Gasteiger charge is -2.35. The molecular weight excluding hydrogens is 248 g/mol. The third kappa shape index (κ3) is 3.75. The molecule has 0 aromatic heterocycles. The summed E-state index contributed by atoms with van der Waals surface area (Å²) in [5.74, 6) is 1.01. The van der Waals surface area contributed by atoms with Gasteiger partial charge in [-0.2, -0.15) is 0 Å². The molecule has 0 spiro atoms. The largest absolute Gasteiger partial charge is 0.342 e. The summed E-state index contributed by atoms with van der Waals surface area (Å²) in [6, 6.07) is 0. The molecule has 3 nitrogen and oxygen atoms in total. The molecular formula is C17H34N2O. The molecule has 2 N–H and O–H groups in total. The number of rotatable bonds is 4. The summed E-state index contributed by atoms with van der Waals surface area (Å²) in [4.78, 5) is 15.0. The Bertz CT molecular complexity index is 307. The Morgan fingerprint density at radius 1 is 1.15 bits per heavy atom. The zero-order chi connectivity index (χ0) is 15.4. The van der Waals surface area contributed by atoms with Gasteiger partial charge in [-0.3, -0.25) is 4.79 Å². The van der Waals surface area contributed by atoms with Crippen molar-refractivity contribution in [2.24, 2.45) is 22.5 Å². The highest BCUT2D eigenvalue weighted by Gasteiger charge is 2.38. The van der Waals surface area contributed by atoms with Crippen LogP contribution >= 0.6 is 0 Å². The highest BCUT2D eigenvalue weighted by Crippen LogP contribution is 2.36. The molecule has 1 heterocycles. The van der Waals surface area contributed by atoms with Crippen LogP contribution in [0.2, 0.25) is 0 Å². The van der Waals surface area contributed by atoms with Crippen LogP contribution < -0.4 is 5.73 Å². The summed E-state index contributed by atoms with van der Waals surface area (Å²) >= 11 is 0. The number of nitrogens with zero attached hydrogens (tertiary/aromatic N) is 1. The van der Waals surface area contributed by atoms with Gasteiger partial charge in [-0.05, 0) is 43.4 Å². The third-order valence-electron chi connectivity index (χ3n) is 5.44. The maximum absolute atomic E-state index is 12.9. The summed E-state index contributed by atoms with van der Waals surface area (Å²) in [6.45, 7) is 13.4. The Labute approximate surface area is 125 Å². The summed E-state index contributed by atoms with van der Waals surface area (Å²) in [5.41, 5.74) is 5.94. The van der Waals surface area contributed by atoms with Gasteiger partial charge in [-0.1, -0.05) is 34.6 Å². The van der Waals surface area contributed by atoms with Crippen LogP contribution in [0.1, 0.15) is 66.7 Å². The van der Waals surface area contributed by atoms with E-state index in [1.807, 2.05) is 0 Å². The molecule has 20 heavy (non-hydrogen) atoms. The number of hydrogen-bond donors (Lipinski definition) is 1. The number of carbonyl (C=O) groups is 1. The number of carbonyl (C=O) groups excluding carboxylic acids is 1. The quantitative estimate of drug-likeness (QED) is 0.858. The van der Waals surface area contributed by atoms with Gasteiger partial charge in [-0.25, -0.2) is 0 Å². The molecule has 1 atom stereocenters. The van der Waals surface area contributed by atoms with E-state index in [1.54, 1.807) is 0 Å². The molecule has 1 saturated heterocycles. The Hall–Kier alpha value is -0.570. The first-order valence-corrected chi connectivity index (χ1v) is 8.30.